The fraction of sp³-hybridized carbons (Fsp3) is 0.579. The predicted octanol–water partition coefficient (Wildman–Crippen LogP) is 1.69. The summed E-state index contributed by atoms with van der Waals surface area (Å²) < 4.78 is 23.0. The van der Waals surface area contributed by atoms with Crippen molar-refractivity contribution in [1.29, 1.82) is 0 Å². The van der Waals surface area contributed by atoms with Gasteiger partial charge in [-0.1, -0.05) is 25.5 Å². The minimum Gasteiger partial charge on any atom is -0.352 e. The zero-order chi connectivity index (χ0) is 18.7. The van der Waals surface area contributed by atoms with E-state index in [1.807, 2.05) is 24.3 Å². The minimum atomic E-state index is -3.03. The Morgan fingerprint density at radius 2 is 2.00 bits per heavy atom. The third-order valence-electron chi connectivity index (χ3n) is 5.14. The molecule has 0 spiro atoms. The van der Waals surface area contributed by atoms with E-state index in [1.165, 1.54) is 5.56 Å². The van der Waals surface area contributed by atoms with Crippen molar-refractivity contribution in [2.45, 2.75) is 45.1 Å². The predicted molar refractivity (Wildman–Crippen MR) is 101 cm³/mol. The Morgan fingerprint density at radius 3 is 2.62 bits per heavy atom. The van der Waals surface area contributed by atoms with Gasteiger partial charge < -0.3 is 10.2 Å². The molecule has 142 valence electrons. The van der Waals surface area contributed by atoms with E-state index in [-0.39, 0.29) is 35.8 Å². The highest BCUT2D eigenvalue weighted by Crippen LogP contribution is 2.26. The van der Waals surface area contributed by atoms with E-state index in [2.05, 4.69) is 12.2 Å². The summed E-state index contributed by atoms with van der Waals surface area (Å²) in [5, 5.41) is 2.80. The topological polar surface area (TPSA) is 83.6 Å². The van der Waals surface area contributed by atoms with E-state index in [0.29, 0.717) is 13.0 Å². The molecule has 2 heterocycles. The summed E-state index contributed by atoms with van der Waals surface area (Å²) in [5.41, 5.74) is 2.06. The van der Waals surface area contributed by atoms with Crippen molar-refractivity contribution < 1.29 is 18.0 Å². The third kappa shape index (κ3) is 4.44. The van der Waals surface area contributed by atoms with Crippen LogP contribution in [0.25, 0.3) is 0 Å². The molecule has 0 radical (unpaired) electrons. The van der Waals surface area contributed by atoms with Crippen molar-refractivity contribution in [2.75, 3.05) is 23.0 Å². The summed E-state index contributed by atoms with van der Waals surface area (Å²) in [6, 6.07) is 7.62. The number of benzene rings is 1. The first-order chi connectivity index (χ1) is 12.4. The second-order valence-corrected chi connectivity index (χ2v) is 9.51. The molecule has 0 aromatic heterocycles. The SMILES string of the molecule is CCCCc1ccc(N2C[C@H](C(=O)N[C@H]3CCS(=O)(=O)C3)CC2=O)cc1. The van der Waals surface area contributed by atoms with Gasteiger partial charge in [-0.3, -0.25) is 9.59 Å². The average molecular weight is 378 g/mol. The molecular weight excluding hydrogens is 352 g/mol. The van der Waals surface area contributed by atoms with Crippen molar-refractivity contribution in [1.82, 2.24) is 5.32 Å². The number of unbranched alkanes of at least 4 members (excludes halogenated alkanes) is 1. The number of rotatable bonds is 6. The highest BCUT2D eigenvalue weighted by Gasteiger charge is 2.37. The van der Waals surface area contributed by atoms with Crippen LogP contribution >= 0.6 is 0 Å². The number of anilines is 1. The van der Waals surface area contributed by atoms with Crippen LogP contribution in [0.3, 0.4) is 0 Å². The lowest BCUT2D eigenvalue weighted by Gasteiger charge is -2.18. The molecular formula is C19H26N2O4S. The van der Waals surface area contributed by atoms with Crippen LogP contribution in [0.5, 0.6) is 0 Å². The quantitative estimate of drug-likeness (QED) is 0.816. The van der Waals surface area contributed by atoms with Crippen LogP contribution in [-0.2, 0) is 25.8 Å². The molecule has 0 unspecified atom stereocenters. The smallest absolute Gasteiger partial charge is 0.227 e. The highest BCUT2D eigenvalue weighted by atomic mass is 32.2. The zero-order valence-electron chi connectivity index (χ0n) is 15.1. The number of hydrogen-bond donors (Lipinski definition) is 1. The lowest BCUT2D eigenvalue weighted by molar-refractivity contribution is -0.126. The van der Waals surface area contributed by atoms with E-state index in [9.17, 15) is 18.0 Å². The third-order valence-corrected chi connectivity index (χ3v) is 6.91. The maximum Gasteiger partial charge on any atom is 0.227 e. The lowest BCUT2D eigenvalue weighted by Crippen LogP contribution is -2.40. The monoisotopic (exact) mass is 378 g/mol. The molecule has 7 heteroatoms. The molecule has 0 saturated carbocycles. The number of amides is 2. The molecule has 1 aromatic rings. The van der Waals surface area contributed by atoms with Crippen molar-refractivity contribution >= 4 is 27.3 Å². The Hall–Kier alpha value is -1.89. The van der Waals surface area contributed by atoms with Gasteiger partial charge >= 0.3 is 0 Å². The van der Waals surface area contributed by atoms with Gasteiger partial charge in [-0.25, -0.2) is 8.42 Å². The first kappa shape index (κ1) is 18.9. The van der Waals surface area contributed by atoms with Crippen molar-refractivity contribution in [3.8, 4) is 0 Å². The first-order valence-corrected chi connectivity index (χ1v) is 11.1. The summed E-state index contributed by atoms with van der Waals surface area (Å²) in [5.74, 6) is -0.584. The summed E-state index contributed by atoms with van der Waals surface area (Å²) in [4.78, 5) is 26.4. The number of nitrogens with one attached hydrogen (secondary N) is 1. The van der Waals surface area contributed by atoms with E-state index in [0.717, 1.165) is 24.9 Å². The number of hydrogen-bond acceptors (Lipinski definition) is 4. The lowest BCUT2D eigenvalue weighted by atomic mass is 10.1. The normalized spacial score (nSPS) is 24.8. The van der Waals surface area contributed by atoms with E-state index >= 15 is 0 Å². The first-order valence-electron chi connectivity index (χ1n) is 9.28. The number of sulfone groups is 1. The van der Waals surface area contributed by atoms with Gasteiger partial charge in [-0.05, 0) is 37.0 Å². The molecule has 2 saturated heterocycles. The van der Waals surface area contributed by atoms with Crippen LogP contribution < -0.4 is 10.2 Å². The minimum absolute atomic E-state index is 0.00232. The van der Waals surface area contributed by atoms with Crippen LogP contribution in [0.15, 0.2) is 24.3 Å². The van der Waals surface area contributed by atoms with Crippen LogP contribution in [-0.4, -0.2) is 44.3 Å². The maximum atomic E-state index is 12.4. The van der Waals surface area contributed by atoms with E-state index < -0.39 is 15.8 Å². The van der Waals surface area contributed by atoms with Crippen molar-refractivity contribution in [2.24, 2.45) is 5.92 Å². The molecule has 26 heavy (non-hydrogen) atoms. The standard InChI is InChI=1S/C19H26N2O4S/c1-2-3-4-14-5-7-17(8-6-14)21-12-15(11-18(21)22)19(23)20-16-9-10-26(24,25)13-16/h5-8,15-16H,2-4,9-13H2,1H3,(H,20,23)/t15-,16+/m1/s1. The van der Waals surface area contributed by atoms with Gasteiger partial charge in [0.05, 0.1) is 17.4 Å². The Balaban J connectivity index is 1.58. The summed E-state index contributed by atoms with van der Waals surface area (Å²) in [6.45, 7) is 2.50. The van der Waals surface area contributed by atoms with Crippen LogP contribution in [0.1, 0.15) is 38.2 Å². The Bertz CT molecular complexity index is 773. The second kappa shape index (κ2) is 7.78. The molecule has 1 aromatic carbocycles. The molecule has 2 amide bonds. The molecule has 2 fully saturated rings. The largest absolute Gasteiger partial charge is 0.352 e. The maximum absolute atomic E-state index is 12.4. The van der Waals surface area contributed by atoms with Gasteiger partial charge in [0.25, 0.3) is 0 Å². The van der Waals surface area contributed by atoms with Gasteiger partial charge in [0, 0.05) is 24.7 Å². The van der Waals surface area contributed by atoms with Crippen LogP contribution in [0.2, 0.25) is 0 Å². The average Bonchev–Trinajstić information content (AvgIpc) is 3.15. The summed E-state index contributed by atoms with van der Waals surface area (Å²) in [6.07, 6.45) is 3.94. The van der Waals surface area contributed by atoms with Crippen molar-refractivity contribution in [3.63, 3.8) is 0 Å². The van der Waals surface area contributed by atoms with Crippen molar-refractivity contribution in [3.05, 3.63) is 29.8 Å². The molecule has 3 rings (SSSR count). The van der Waals surface area contributed by atoms with Gasteiger partial charge in [-0.2, -0.15) is 0 Å². The fourth-order valence-corrected chi connectivity index (χ4v) is 5.26. The van der Waals surface area contributed by atoms with Crippen LogP contribution in [0, 0.1) is 5.92 Å². The van der Waals surface area contributed by atoms with E-state index in [4.69, 9.17) is 0 Å². The Kier molecular flexibility index (Phi) is 5.65. The van der Waals surface area contributed by atoms with Gasteiger partial charge in [-0.15, -0.1) is 0 Å². The van der Waals surface area contributed by atoms with Gasteiger partial charge in [0.1, 0.15) is 0 Å². The second-order valence-electron chi connectivity index (χ2n) is 7.28. The molecule has 0 bridgehead atoms. The van der Waals surface area contributed by atoms with Gasteiger partial charge in [0.2, 0.25) is 11.8 Å². The molecule has 2 aliphatic rings. The number of nitrogens with zero attached hydrogens (tertiary/aromatic N) is 1. The molecule has 2 aliphatic heterocycles. The zero-order valence-corrected chi connectivity index (χ0v) is 15.9. The number of carbonyl (C=O) groups excluding carboxylic acids is 2. The highest BCUT2D eigenvalue weighted by molar-refractivity contribution is 7.91. The van der Waals surface area contributed by atoms with E-state index in [1.54, 1.807) is 4.90 Å². The summed E-state index contributed by atoms with van der Waals surface area (Å²) in [7, 11) is -3.03. The Morgan fingerprint density at radius 1 is 1.27 bits per heavy atom. The molecule has 0 aliphatic carbocycles. The molecule has 6 nitrogen and oxygen atoms in total. The number of carbonyl (C=O) groups is 2. The van der Waals surface area contributed by atoms with Gasteiger partial charge in [0.15, 0.2) is 9.84 Å². The fourth-order valence-electron chi connectivity index (χ4n) is 3.58. The number of aryl methyl sites for hydroxylation is 1. The molecule has 1 N–H and O–H groups in total. The Labute approximate surface area is 154 Å². The summed E-state index contributed by atoms with van der Waals surface area (Å²) >= 11 is 0. The van der Waals surface area contributed by atoms with Crippen LogP contribution in [0.4, 0.5) is 5.69 Å². The molecule has 2 atom stereocenters.